The summed E-state index contributed by atoms with van der Waals surface area (Å²) < 4.78 is 2.15. The highest BCUT2D eigenvalue weighted by atomic mass is 35.5. The molecule has 1 heterocycles. The Morgan fingerprint density at radius 3 is 2.80 bits per heavy atom. The Morgan fingerprint density at radius 2 is 2.10 bits per heavy atom. The number of guanidine groups is 1. The van der Waals surface area contributed by atoms with Gasteiger partial charge in [0.25, 0.3) is 0 Å². The first-order valence-corrected chi connectivity index (χ1v) is 7.05. The molecule has 20 heavy (non-hydrogen) atoms. The number of nitrogens with one attached hydrogen (secondary N) is 1. The second-order valence-corrected chi connectivity index (χ2v) is 6.29. The fourth-order valence-corrected chi connectivity index (χ4v) is 2.25. The predicted molar refractivity (Wildman–Crippen MR) is 86.3 cm³/mol. The van der Waals surface area contributed by atoms with E-state index in [2.05, 4.69) is 41.7 Å². The summed E-state index contributed by atoms with van der Waals surface area (Å²) in [6, 6.07) is 7.95. The molecule has 1 aromatic carbocycles. The highest BCUT2D eigenvalue weighted by molar-refractivity contribution is 6.31. The molecule has 0 aliphatic heterocycles. The van der Waals surface area contributed by atoms with Crippen LogP contribution in [-0.4, -0.2) is 22.6 Å². The molecule has 1 aromatic heterocycles. The zero-order valence-electron chi connectivity index (χ0n) is 12.2. The lowest BCUT2D eigenvalue weighted by atomic mass is 10.1. The zero-order chi connectivity index (χ0) is 14.8. The molecule has 2 rings (SSSR count). The Labute approximate surface area is 124 Å². The molecule has 0 aliphatic rings. The molecule has 0 aliphatic carbocycles. The Morgan fingerprint density at radius 1 is 1.35 bits per heavy atom. The smallest absolute Gasteiger partial charge is 0.189 e. The summed E-state index contributed by atoms with van der Waals surface area (Å²) in [7, 11) is 0. The van der Waals surface area contributed by atoms with Crippen molar-refractivity contribution in [1.82, 2.24) is 9.88 Å². The molecule has 0 atom stereocenters. The van der Waals surface area contributed by atoms with Crippen LogP contribution in [0.15, 0.2) is 35.5 Å². The molecule has 4 nitrogen and oxygen atoms in total. The van der Waals surface area contributed by atoms with Gasteiger partial charge >= 0.3 is 0 Å². The Bertz CT molecular complexity index is 622. The highest BCUT2D eigenvalue weighted by Crippen LogP contribution is 2.20. The topological polar surface area (TPSA) is 55.3 Å². The van der Waals surface area contributed by atoms with E-state index >= 15 is 0 Å². The minimum Gasteiger partial charge on any atom is -0.370 e. The third-order valence-corrected chi connectivity index (χ3v) is 3.09. The number of aromatic nitrogens is 1. The maximum absolute atomic E-state index is 5.98. The van der Waals surface area contributed by atoms with Crippen LogP contribution >= 0.6 is 11.6 Å². The van der Waals surface area contributed by atoms with Gasteiger partial charge in [-0.25, -0.2) is 0 Å². The number of hydrogen-bond donors (Lipinski definition) is 2. The van der Waals surface area contributed by atoms with Crippen LogP contribution in [-0.2, 0) is 6.54 Å². The number of nitrogens with two attached hydrogens (primary N) is 1. The maximum atomic E-state index is 5.98. The summed E-state index contributed by atoms with van der Waals surface area (Å²) >= 11 is 5.98. The standard InChI is InChI=1S/C15H21ClN4/c1-15(2,3)19-14(17)18-7-9-20-8-6-11-10-12(16)4-5-13(11)20/h4-6,8,10H,7,9H2,1-3H3,(H3,17,18,19). The molecule has 0 bridgehead atoms. The molecular weight excluding hydrogens is 272 g/mol. The summed E-state index contributed by atoms with van der Waals surface area (Å²) in [6.45, 7) is 7.59. The SMILES string of the molecule is CC(C)(C)NC(N)=NCCn1ccc2cc(Cl)ccc21. The molecule has 0 amide bonds. The molecule has 2 aromatic rings. The molecule has 5 heteroatoms. The van der Waals surface area contributed by atoms with Crippen molar-refractivity contribution in [1.29, 1.82) is 0 Å². The van der Waals surface area contributed by atoms with Crippen molar-refractivity contribution in [3.8, 4) is 0 Å². The van der Waals surface area contributed by atoms with E-state index in [1.165, 1.54) is 0 Å². The summed E-state index contributed by atoms with van der Waals surface area (Å²) in [5.74, 6) is 0.483. The molecule has 0 radical (unpaired) electrons. The largest absolute Gasteiger partial charge is 0.370 e. The number of halogens is 1. The van der Waals surface area contributed by atoms with Crippen molar-refractivity contribution in [2.45, 2.75) is 32.9 Å². The third-order valence-electron chi connectivity index (χ3n) is 2.86. The first-order chi connectivity index (χ1) is 9.35. The average Bonchev–Trinajstić information content (AvgIpc) is 2.69. The minimum absolute atomic E-state index is 0.0650. The molecule has 3 N–H and O–H groups in total. The van der Waals surface area contributed by atoms with Crippen LogP contribution in [0.25, 0.3) is 10.9 Å². The van der Waals surface area contributed by atoms with Gasteiger partial charge in [-0.2, -0.15) is 0 Å². The van der Waals surface area contributed by atoms with Crippen molar-refractivity contribution >= 4 is 28.5 Å². The van der Waals surface area contributed by atoms with E-state index in [9.17, 15) is 0 Å². The molecule has 108 valence electrons. The van der Waals surface area contributed by atoms with E-state index in [1.54, 1.807) is 0 Å². The summed E-state index contributed by atoms with van der Waals surface area (Å²) in [5, 5.41) is 5.04. The van der Waals surface area contributed by atoms with Gasteiger partial charge in [-0.3, -0.25) is 4.99 Å². The Kier molecular flexibility index (Phi) is 4.23. The van der Waals surface area contributed by atoms with E-state index in [0.717, 1.165) is 22.5 Å². The first kappa shape index (κ1) is 14.7. The molecule has 0 spiro atoms. The Balaban J connectivity index is 2.01. The van der Waals surface area contributed by atoms with E-state index in [0.29, 0.717) is 12.5 Å². The summed E-state index contributed by atoms with van der Waals surface area (Å²) in [4.78, 5) is 4.35. The maximum Gasteiger partial charge on any atom is 0.189 e. The van der Waals surface area contributed by atoms with Gasteiger partial charge in [-0.15, -0.1) is 0 Å². The van der Waals surface area contributed by atoms with Crippen LogP contribution in [0.2, 0.25) is 5.02 Å². The van der Waals surface area contributed by atoms with Crippen molar-refractivity contribution < 1.29 is 0 Å². The fraction of sp³-hybridized carbons (Fsp3) is 0.400. The zero-order valence-corrected chi connectivity index (χ0v) is 12.9. The lowest BCUT2D eigenvalue weighted by Gasteiger charge is -2.21. The monoisotopic (exact) mass is 292 g/mol. The number of fused-ring (bicyclic) bond motifs is 1. The number of rotatable bonds is 3. The second-order valence-electron chi connectivity index (χ2n) is 5.85. The van der Waals surface area contributed by atoms with Gasteiger partial charge in [0.2, 0.25) is 0 Å². The second kappa shape index (κ2) is 5.75. The molecular formula is C15H21ClN4. The molecule has 0 saturated heterocycles. The van der Waals surface area contributed by atoms with Crippen LogP contribution in [0.3, 0.4) is 0 Å². The van der Waals surface area contributed by atoms with Crippen LogP contribution in [0.1, 0.15) is 20.8 Å². The average molecular weight is 293 g/mol. The minimum atomic E-state index is -0.0650. The van der Waals surface area contributed by atoms with Gasteiger partial charge < -0.3 is 15.6 Å². The first-order valence-electron chi connectivity index (χ1n) is 6.68. The third kappa shape index (κ3) is 3.90. The molecule has 0 fully saturated rings. The number of benzene rings is 1. The molecule has 0 unspecified atom stereocenters. The fourth-order valence-electron chi connectivity index (χ4n) is 2.07. The van der Waals surface area contributed by atoms with Crippen LogP contribution < -0.4 is 11.1 Å². The lowest BCUT2D eigenvalue weighted by molar-refractivity contribution is 0.507. The van der Waals surface area contributed by atoms with Gasteiger partial charge in [0.1, 0.15) is 0 Å². The van der Waals surface area contributed by atoms with Crippen molar-refractivity contribution in [3.05, 3.63) is 35.5 Å². The van der Waals surface area contributed by atoms with Crippen LogP contribution in [0.5, 0.6) is 0 Å². The van der Waals surface area contributed by atoms with E-state index in [1.807, 2.05) is 24.4 Å². The van der Waals surface area contributed by atoms with Crippen molar-refractivity contribution in [2.24, 2.45) is 10.7 Å². The van der Waals surface area contributed by atoms with Crippen molar-refractivity contribution in [2.75, 3.05) is 6.54 Å². The quantitative estimate of drug-likeness (QED) is 0.675. The van der Waals surface area contributed by atoms with E-state index in [4.69, 9.17) is 17.3 Å². The summed E-state index contributed by atoms with van der Waals surface area (Å²) in [5.41, 5.74) is 6.94. The number of aliphatic imine (C=N–C) groups is 1. The van der Waals surface area contributed by atoms with Gasteiger partial charge in [0.15, 0.2) is 5.96 Å². The normalized spacial score (nSPS) is 12.9. The van der Waals surface area contributed by atoms with Gasteiger partial charge in [0, 0.05) is 34.2 Å². The van der Waals surface area contributed by atoms with Crippen molar-refractivity contribution in [3.63, 3.8) is 0 Å². The van der Waals surface area contributed by atoms with Gasteiger partial charge in [0.05, 0.1) is 6.54 Å². The summed E-state index contributed by atoms with van der Waals surface area (Å²) in [6.07, 6.45) is 2.05. The van der Waals surface area contributed by atoms with Crippen LogP contribution in [0, 0.1) is 0 Å². The van der Waals surface area contributed by atoms with Gasteiger partial charge in [-0.1, -0.05) is 11.6 Å². The van der Waals surface area contributed by atoms with E-state index in [-0.39, 0.29) is 5.54 Å². The van der Waals surface area contributed by atoms with Crippen LogP contribution in [0.4, 0.5) is 0 Å². The van der Waals surface area contributed by atoms with E-state index < -0.39 is 0 Å². The Hall–Kier alpha value is -1.68. The predicted octanol–water partition coefficient (Wildman–Crippen LogP) is 3.00. The molecule has 0 saturated carbocycles. The highest BCUT2D eigenvalue weighted by Gasteiger charge is 2.09. The number of hydrogen-bond acceptors (Lipinski definition) is 1. The number of nitrogens with zero attached hydrogens (tertiary/aromatic N) is 2. The van der Waals surface area contributed by atoms with Gasteiger partial charge in [-0.05, 0) is 45.0 Å². The lowest BCUT2D eigenvalue weighted by Crippen LogP contribution is -2.45.